The minimum Gasteiger partial charge on any atom is -0.364 e. The van der Waals surface area contributed by atoms with Crippen LogP contribution in [0.15, 0.2) is 17.1 Å². The van der Waals surface area contributed by atoms with Gasteiger partial charge in [-0.25, -0.2) is 0 Å². The number of H-pyrrole nitrogens is 1. The van der Waals surface area contributed by atoms with Gasteiger partial charge in [-0.15, -0.1) is 0 Å². The van der Waals surface area contributed by atoms with Gasteiger partial charge in [-0.2, -0.15) is 0 Å². The van der Waals surface area contributed by atoms with E-state index < -0.39 is 0 Å². The fraction of sp³-hybridized carbons (Fsp3) is 0.571. The Kier molecular flexibility index (Phi) is 3.55. The van der Waals surface area contributed by atoms with Gasteiger partial charge in [0.1, 0.15) is 5.56 Å². The molecular formula is C14H20N2O2. The number of pyridine rings is 1. The normalized spacial score (nSPS) is 24.1. The molecule has 0 spiro atoms. The molecule has 18 heavy (non-hydrogen) atoms. The van der Waals surface area contributed by atoms with Crippen molar-refractivity contribution >= 4 is 5.91 Å². The quantitative estimate of drug-likeness (QED) is 0.824. The maximum atomic E-state index is 12.3. The van der Waals surface area contributed by atoms with Crippen LogP contribution < -0.4 is 5.43 Å². The van der Waals surface area contributed by atoms with E-state index >= 15 is 0 Å². The highest BCUT2D eigenvalue weighted by Crippen LogP contribution is 2.21. The van der Waals surface area contributed by atoms with Gasteiger partial charge in [0.15, 0.2) is 5.43 Å². The first-order valence-corrected chi connectivity index (χ1v) is 6.46. The monoisotopic (exact) mass is 248 g/mol. The highest BCUT2D eigenvalue weighted by molar-refractivity contribution is 5.93. The van der Waals surface area contributed by atoms with E-state index in [1.54, 1.807) is 11.8 Å². The highest BCUT2D eigenvalue weighted by atomic mass is 16.2. The number of aromatic nitrogens is 1. The van der Waals surface area contributed by atoms with E-state index in [0.29, 0.717) is 11.8 Å². The van der Waals surface area contributed by atoms with Crippen molar-refractivity contribution in [3.63, 3.8) is 0 Å². The lowest BCUT2D eigenvalue weighted by atomic mass is 9.91. The topological polar surface area (TPSA) is 53.2 Å². The molecule has 1 aliphatic rings. The molecule has 2 rings (SSSR count). The zero-order chi connectivity index (χ0) is 13.3. The average molecular weight is 248 g/mol. The maximum absolute atomic E-state index is 12.3. The number of nitrogens with zero attached hydrogens (tertiary/aromatic N) is 1. The standard InChI is InChI=1S/C14H20N2O2/c1-9-4-10(2)8-16(7-9)14(18)12-6-15-11(3)5-13(12)17/h5-6,9-10H,4,7-8H2,1-3H3,(H,15,17). The Hall–Kier alpha value is -1.58. The molecule has 1 aromatic rings. The van der Waals surface area contributed by atoms with Crippen LogP contribution >= 0.6 is 0 Å². The van der Waals surface area contributed by atoms with Gasteiger partial charge in [-0.1, -0.05) is 13.8 Å². The van der Waals surface area contributed by atoms with Gasteiger partial charge in [0.05, 0.1) is 0 Å². The third-order valence-corrected chi connectivity index (χ3v) is 3.44. The van der Waals surface area contributed by atoms with Gasteiger partial charge in [0.2, 0.25) is 0 Å². The summed E-state index contributed by atoms with van der Waals surface area (Å²) in [6.45, 7) is 7.60. The molecule has 98 valence electrons. The van der Waals surface area contributed by atoms with E-state index in [9.17, 15) is 9.59 Å². The number of rotatable bonds is 1. The van der Waals surface area contributed by atoms with Crippen molar-refractivity contribution in [1.29, 1.82) is 0 Å². The van der Waals surface area contributed by atoms with Crippen molar-refractivity contribution in [2.45, 2.75) is 27.2 Å². The van der Waals surface area contributed by atoms with Crippen molar-refractivity contribution in [1.82, 2.24) is 9.88 Å². The van der Waals surface area contributed by atoms with Crippen LogP contribution in [0.25, 0.3) is 0 Å². The minimum absolute atomic E-state index is 0.144. The summed E-state index contributed by atoms with van der Waals surface area (Å²) in [6, 6.07) is 1.48. The summed E-state index contributed by atoms with van der Waals surface area (Å²) < 4.78 is 0. The summed E-state index contributed by atoms with van der Waals surface area (Å²) in [7, 11) is 0. The summed E-state index contributed by atoms with van der Waals surface area (Å²) in [4.78, 5) is 28.9. The van der Waals surface area contributed by atoms with Crippen LogP contribution in [0.1, 0.15) is 36.3 Å². The van der Waals surface area contributed by atoms with Crippen molar-refractivity contribution in [3.05, 3.63) is 33.7 Å². The molecular weight excluding hydrogens is 228 g/mol. The van der Waals surface area contributed by atoms with Crippen molar-refractivity contribution in [3.8, 4) is 0 Å². The molecule has 0 aliphatic carbocycles. The van der Waals surface area contributed by atoms with E-state index in [2.05, 4.69) is 18.8 Å². The van der Waals surface area contributed by atoms with Crippen LogP contribution in [0.2, 0.25) is 0 Å². The Morgan fingerprint density at radius 3 is 2.50 bits per heavy atom. The van der Waals surface area contributed by atoms with Crippen LogP contribution in [-0.2, 0) is 0 Å². The minimum atomic E-state index is -0.192. The predicted molar refractivity (Wildman–Crippen MR) is 70.6 cm³/mol. The molecule has 1 aromatic heterocycles. The molecule has 2 unspecified atom stereocenters. The predicted octanol–water partition coefficient (Wildman–Crippen LogP) is 1.80. The van der Waals surface area contributed by atoms with Gasteiger partial charge in [0.25, 0.3) is 5.91 Å². The average Bonchev–Trinajstić information content (AvgIpc) is 2.26. The van der Waals surface area contributed by atoms with E-state index in [1.807, 2.05) is 0 Å². The molecule has 1 saturated heterocycles. The first-order valence-electron chi connectivity index (χ1n) is 6.46. The van der Waals surface area contributed by atoms with Gasteiger partial charge in [-0.3, -0.25) is 9.59 Å². The lowest BCUT2D eigenvalue weighted by Gasteiger charge is -2.34. The Morgan fingerprint density at radius 2 is 1.94 bits per heavy atom. The SMILES string of the molecule is Cc1cc(=O)c(C(=O)N2CC(C)CC(C)C2)c[nH]1. The number of hydrogen-bond donors (Lipinski definition) is 1. The number of likely N-dealkylation sites (tertiary alicyclic amines) is 1. The third kappa shape index (κ3) is 2.63. The highest BCUT2D eigenvalue weighted by Gasteiger charge is 2.27. The van der Waals surface area contributed by atoms with Crippen molar-refractivity contribution in [2.24, 2.45) is 11.8 Å². The first-order chi connectivity index (χ1) is 8.47. The van der Waals surface area contributed by atoms with Gasteiger partial charge < -0.3 is 9.88 Å². The Morgan fingerprint density at radius 1 is 1.33 bits per heavy atom. The summed E-state index contributed by atoms with van der Waals surface area (Å²) in [6.07, 6.45) is 2.68. The fourth-order valence-electron chi connectivity index (χ4n) is 2.74. The molecule has 4 nitrogen and oxygen atoms in total. The third-order valence-electron chi connectivity index (χ3n) is 3.44. The Balaban J connectivity index is 2.23. The number of aryl methyl sites for hydroxylation is 1. The summed E-state index contributed by atoms with van der Waals surface area (Å²) in [5.41, 5.74) is 0.834. The van der Waals surface area contributed by atoms with Crippen molar-refractivity contribution in [2.75, 3.05) is 13.1 Å². The van der Waals surface area contributed by atoms with E-state index in [4.69, 9.17) is 0 Å². The van der Waals surface area contributed by atoms with Gasteiger partial charge in [-0.05, 0) is 25.2 Å². The molecule has 2 atom stereocenters. The largest absolute Gasteiger partial charge is 0.364 e. The zero-order valence-corrected chi connectivity index (χ0v) is 11.2. The second-order valence-corrected chi connectivity index (χ2v) is 5.55. The van der Waals surface area contributed by atoms with Gasteiger partial charge in [0, 0.05) is 31.0 Å². The second-order valence-electron chi connectivity index (χ2n) is 5.55. The molecule has 0 saturated carbocycles. The number of carbonyl (C=O) groups excluding carboxylic acids is 1. The second kappa shape index (κ2) is 4.96. The van der Waals surface area contributed by atoms with E-state index in [-0.39, 0.29) is 16.9 Å². The molecule has 4 heteroatoms. The van der Waals surface area contributed by atoms with Crippen LogP contribution in [0.4, 0.5) is 0 Å². The van der Waals surface area contributed by atoms with Crippen LogP contribution in [0.5, 0.6) is 0 Å². The number of aromatic amines is 1. The van der Waals surface area contributed by atoms with E-state index in [1.165, 1.54) is 12.3 Å². The fourth-order valence-corrected chi connectivity index (χ4v) is 2.74. The van der Waals surface area contributed by atoms with Gasteiger partial charge >= 0.3 is 0 Å². The molecule has 1 amide bonds. The molecule has 2 heterocycles. The van der Waals surface area contributed by atoms with Crippen molar-refractivity contribution < 1.29 is 4.79 Å². The number of hydrogen-bond acceptors (Lipinski definition) is 2. The molecule has 0 bridgehead atoms. The number of piperidine rings is 1. The maximum Gasteiger partial charge on any atom is 0.259 e. The zero-order valence-electron chi connectivity index (χ0n) is 11.2. The smallest absolute Gasteiger partial charge is 0.259 e. The van der Waals surface area contributed by atoms with Crippen LogP contribution in [0.3, 0.4) is 0 Å². The number of nitrogens with one attached hydrogen (secondary N) is 1. The summed E-state index contributed by atoms with van der Waals surface area (Å²) in [5, 5.41) is 0. The Labute approximate surface area is 107 Å². The molecule has 1 fully saturated rings. The lowest BCUT2D eigenvalue weighted by Crippen LogP contribution is -2.44. The van der Waals surface area contributed by atoms with Crippen LogP contribution in [0, 0.1) is 18.8 Å². The van der Waals surface area contributed by atoms with E-state index in [0.717, 1.165) is 25.2 Å². The number of amides is 1. The molecule has 1 N–H and O–H groups in total. The van der Waals surface area contributed by atoms with Crippen LogP contribution in [-0.4, -0.2) is 28.9 Å². The summed E-state index contributed by atoms with van der Waals surface area (Å²) in [5.74, 6) is 0.860. The first kappa shape index (κ1) is 12.9. The molecule has 0 radical (unpaired) electrons. The Bertz CT molecular complexity index is 497. The number of carbonyl (C=O) groups is 1. The molecule has 0 aromatic carbocycles. The lowest BCUT2D eigenvalue weighted by molar-refractivity contribution is 0.0621. The summed E-state index contributed by atoms with van der Waals surface area (Å²) >= 11 is 0. The molecule has 1 aliphatic heterocycles.